The van der Waals surface area contributed by atoms with E-state index in [1.54, 1.807) is 31.4 Å². The highest BCUT2D eigenvalue weighted by atomic mass is 16.5. The molecule has 0 saturated heterocycles. The fourth-order valence-corrected chi connectivity index (χ4v) is 1.68. The number of terminal acetylenes is 1. The van der Waals surface area contributed by atoms with E-state index in [0.29, 0.717) is 11.4 Å². The van der Waals surface area contributed by atoms with Crippen molar-refractivity contribution in [3.8, 4) is 23.8 Å². The molecule has 0 aliphatic rings. The zero-order valence-corrected chi connectivity index (χ0v) is 10.4. The molecule has 1 aromatic heterocycles. The fraction of sp³-hybridized carbons (Fsp3) is 0.143. The number of benzene rings is 1. The Kier molecular flexibility index (Phi) is 3.53. The van der Waals surface area contributed by atoms with Crippen LogP contribution >= 0.6 is 0 Å². The van der Waals surface area contributed by atoms with Crippen LogP contribution < -0.4 is 15.9 Å². The van der Waals surface area contributed by atoms with Gasteiger partial charge in [0.05, 0.1) is 13.7 Å². The molecule has 0 aliphatic heterocycles. The van der Waals surface area contributed by atoms with Gasteiger partial charge in [0.2, 0.25) is 0 Å². The molecule has 0 radical (unpaired) electrons. The maximum absolute atomic E-state index is 11.9. The summed E-state index contributed by atoms with van der Waals surface area (Å²) in [7, 11) is 1.56. The normalized spacial score (nSPS) is 9.89. The Balaban J connectivity index is 2.52. The molecule has 0 spiro atoms. The molecule has 0 unspecified atom stereocenters. The monoisotopic (exact) mass is 256 g/mol. The zero-order chi connectivity index (χ0) is 13.8. The molecule has 5 nitrogen and oxygen atoms in total. The molecule has 2 rings (SSSR count). The summed E-state index contributed by atoms with van der Waals surface area (Å²) in [6.07, 6.45) is 8.14. The average molecular weight is 256 g/mol. The highest BCUT2D eigenvalue weighted by Crippen LogP contribution is 2.12. The van der Waals surface area contributed by atoms with Gasteiger partial charge < -0.3 is 4.74 Å². The van der Waals surface area contributed by atoms with E-state index in [-0.39, 0.29) is 6.54 Å². The van der Waals surface area contributed by atoms with E-state index < -0.39 is 11.1 Å². The predicted molar refractivity (Wildman–Crippen MR) is 71.7 cm³/mol. The van der Waals surface area contributed by atoms with Crippen molar-refractivity contribution in [3.63, 3.8) is 0 Å². The Morgan fingerprint density at radius 1 is 1.16 bits per heavy atom. The molecular formula is C14H12N2O3. The molecule has 96 valence electrons. The smallest absolute Gasteiger partial charge is 0.321 e. The van der Waals surface area contributed by atoms with Gasteiger partial charge in [0.25, 0.3) is 0 Å². The van der Waals surface area contributed by atoms with Crippen molar-refractivity contribution in [2.75, 3.05) is 7.11 Å². The summed E-state index contributed by atoms with van der Waals surface area (Å²) >= 11 is 0. The maximum atomic E-state index is 11.9. The minimum Gasteiger partial charge on any atom is -0.497 e. The van der Waals surface area contributed by atoms with Crippen molar-refractivity contribution in [1.29, 1.82) is 0 Å². The van der Waals surface area contributed by atoms with Gasteiger partial charge in [-0.25, -0.2) is 0 Å². The van der Waals surface area contributed by atoms with Crippen molar-refractivity contribution in [2.24, 2.45) is 0 Å². The summed E-state index contributed by atoms with van der Waals surface area (Å²) < 4.78 is 7.50. The van der Waals surface area contributed by atoms with Crippen LogP contribution in [0, 0.1) is 12.3 Å². The second-order valence-electron chi connectivity index (χ2n) is 3.81. The van der Waals surface area contributed by atoms with Gasteiger partial charge in [-0.05, 0) is 24.3 Å². The van der Waals surface area contributed by atoms with Crippen LogP contribution in [0.5, 0.6) is 5.75 Å². The van der Waals surface area contributed by atoms with Crippen molar-refractivity contribution in [3.05, 3.63) is 57.4 Å². The summed E-state index contributed by atoms with van der Waals surface area (Å²) in [6.45, 7) is 0.0809. The second kappa shape index (κ2) is 5.27. The van der Waals surface area contributed by atoms with Crippen LogP contribution in [0.25, 0.3) is 5.69 Å². The fourth-order valence-electron chi connectivity index (χ4n) is 1.68. The molecule has 0 saturated carbocycles. The van der Waals surface area contributed by atoms with E-state index in [0.717, 1.165) is 0 Å². The summed E-state index contributed by atoms with van der Waals surface area (Å²) in [4.78, 5) is 23.7. The Bertz CT molecular complexity index is 733. The number of methoxy groups -OCH3 is 1. The molecule has 5 heteroatoms. The minimum atomic E-state index is -0.642. The second-order valence-corrected chi connectivity index (χ2v) is 3.81. The highest BCUT2D eigenvalue weighted by molar-refractivity contribution is 5.37. The van der Waals surface area contributed by atoms with Gasteiger partial charge in [0.15, 0.2) is 0 Å². The van der Waals surface area contributed by atoms with Crippen LogP contribution in [0.3, 0.4) is 0 Å². The molecule has 1 aromatic carbocycles. The number of rotatable bonds is 3. The lowest BCUT2D eigenvalue weighted by Crippen LogP contribution is -2.39. The third-order valence-corrected chi connectivity index (χ3v) is 2.67. The average Bonchev–Trinajstić information content (AvgIpc) is 2.45. The molecular weight excluding hydrogens is 244 g/mol. The van der Waals surface area contributed by atoms with Gasteiger partial charge in [-0.3, -0.25) is 18.7 Å². The number of aromatic nitrogens is 2. The van der Waals surface area contributed by atoms with Gasteiger partial charge in [-0.15, -0.1) is 6.42 Å². The largest absolute Gasteiger partial charge is 0.497 e. The Morgan fingerprint density at radius 2 is 1.84 bits per heavy atom. The van der Waals surface area contributed by atoms with Gasteiger partial charge in [0.1, 0.15) is 5.75 Å². The van der Waals surface area contributed by atoms with Crippen LogP contribution in [-0.2, 0) is 6.54 Å². The summed E-state index contributed by atoms with van der Waals surface area (Å²) in [5.74, 6) is 3.00. The van der Waals surface area contributed by atoms with Crippen LogP contribution in [-0.4, -0.2) is 16.2 Å². The molecule has 0 aliphatic carbocycles. The number of ether oxygens (including phenoxy) is 1. The van der Waals surface area contributed by atoms with E-state index in [2.05, 4.69) is 5.92 Å². The highest BCUT2D eigenvalue weighted by Gasteiger charge is 2.06. The standard InChI is InChI=1S/C14H12N2O3/c1-3-8-15-9-10-16(14(18)13(15)17)11-4-6-12(19-2)7-5-11/h1,4-7,9-10H,8H2,2H3. The van der Waals surface area contributed by atoms with E-state index in [4.69, 9.17) is 11.2 Å². The van der Waals surface area contributed by atoms with Gasteiger partial charge in [0, 0.05) is 18.1 Å². The quantitative estimate of drug-likeness (QED) is 0.598. The number of nitrogens with zero attached hydrogens (tertiary/aromatic N) is 2. The van der Waals surface area contributed by atoms with Crippen LogP contribution in [0.2, 0.25) is 0 Å². The SMILES string of the molecule is C#CCn1ccn(-c2ccc(OC)cc2)c(=O)c1=O. The molecule has 0 atom stereocenters. The van der Waals surface area contributed by atoms with Gasteiger partial charge >= 0.3 is 11.1 Å². The molecule has 0 bridgehead atoms. The van der Waals surface area contributed by atoms with E-state index in [9.17, 15) is 9.59 Å². The predicted octanol–water partition coefficient (Wildman–Crippen LogP) is 0.641. The summed E-state index contributed by atoms with van der Waals surface area (Å²) in [6, 6.07) is 6.83. The molecule has 0 fully saturated rings. The molecule has 19 heavy (non-hydrogen) atoms. The third-order valence-electron chi connectivity index (χ3n) is 2.67. The first kappa shape index (κ1) is 12.7. The van der Waals surface area contributed by atoms with Crippen molar-refractivity contribution in [1.82, 2.24) is 9.13 Å². The first-order valence-corrected chi connectivity index (χ1v) is 5.57. The van der Waals surface area contributed by atoms with Crippen LogP contribution in [0.15, 0.2) is 46.2 Å². The first-order valence-electron chi connectivity index (χ1n) is 5.57. The minimum absolute atomic E-state index is 0.0809. The van der Waals surface area contributed by atoms with Gasteiger partial charge in [-0.1, -0.05) is 5.92 Å². The van der Waals surface area contributed by atoms with Crippen LogP contribution in [0.1, 0.15) is 0 Å². The number of hydrogen-bond donors (Lipinski definition) is 0. The van der Waals surface area contributed by atoms with Crippen molar-refractivity contribution >= 4 is 0 Å². The van der Waals surface area contributed by atoms with E-state index in [1.165, 1.54) is 21.5 Å². The molecule has 1 heterocycles. The van der Waals surface area contributed by atoms with E-state index >= 15 is 0 Å². The molecule has 2 aromatic rings. The first-order chi connectivity index (χ1) is 9.17. The van der Waals surface area contributed by atoms with Crippen LogP contribution in [0.4, 0.5) is 0 Å². The molecule has 0 N–H and O–H groups in total. The number of hydrogen-bond acceptors (Lipinski definition) is 3. The third kappa shape index (κ3) is 2.43. The Morgan fingerprint density at radius 3 is 2.42 bits per heavy atom. The van der Waals surface area contributed by atoms with Crippen molar-refractivity contribution in [2.45, 2.75) is 6.54 Å². The lowest BCUT2D eigenvalue weighted by atomic mass is 10.3. The topological polar surface area (TPSA) is 53.2 Å². The zero-order valence-electron chi connectivity index (χ0n) is 10.4. The summed E-state index contributed by atoms with van der Waals surface area (Å²) in [5.41, 5.74) is -0.685. The lowest BCUT2D eigenvalue weighted by Gasteiger charge is -2.07. The maximum Gasteiger partial charge on any atom is 0.321 e. The molecule has 0 amide bonds. The Hall–Kier alpha value is -2.74. The summed E-state index contributed by atoms with van der Waals surface area (Å²) in [5, 5.41) is 0. The Labute approximate surface area is 109 Å². The van der Waals surface area contributed by atoms with E-state index in [1.807, 2.05) is 0 Å². The lowest BCUT2D eigenvalue weighted by molar-refractivity contribution is 0.414. The van der Waals surface area contributed by atoms with Gasteiger partial charge in [-0.2, -0.15) is 0 Å². The van der Waals surface area contributed by atoms with Crippen molar-refractivity contribution < 1.29 is 4.74 Å².